The van der Waals surface area contributed by atoms with Crippen molar-refractivity contribution in [3.63, 3.8) is 0 Å². The Morgan fingerprint density at radius 2 is 1.63 bits per heavy atom. The standard InChI is InChI=1S/C39H38FN5O4/c1-26-34(39(48)45(30-10-4-3-5-11-30)31-13-15-37(46)41-23-31)22-36(42(26)2)35-21-29(40)12-14-33(35)38(47)44-24-28-9-7-6-8-27(28)20-32(44)25-43-16-18-49-19-17-43/h3-15,21-23,32H,16-20,24-25H2,1-2H3,(H,41,46)/t32-/m0/s1. The Balaban J connectivity index is 1.27. The van der Waals surface area contributed by atoms with Crippen molar-refractivity contribution in [1.82, 2.24) is 19.4 Å². The molecule has 7 rings (SSSR count). The zero-order chi connectivity index (χ0) is 34.1. The number of carbonyl (C=O) groups excluding carboxylic acids is 2. The highest BCUT2D eigenvalue weighted by atomic mass is 19.1. The number of para-hydroxylation sites is 1. The van der Waals surface area contributed by atoms with Gasteiger partial charge in [0.05, 0.1) is 24.5 Å². The molecule has 9 nitrogen and oxygen atoms in total. The van der Waals surface area contributed by atoms with E-state index in [9.17, 15) is 14.4 Å². The fourth-order valence-corrected chi connectivity index (χ4v) is 6.94. The molecule has 0 spiro atoms. The van der Waals surface area contributed by atoms with E-state index in [2.05, 4.69) is 22.0 Å². The summed E-state index contributed by atoms with van der Waals surface area (Å²) in [7, 11) is 1.81. The lowest BCUT2D eigenvalue weighted by Gasteiger charge is -2.40. The van der Waals surface area contributed by atoms with E-state index >= 15 is 4.39 Å². The molecule has 1 saturated heterocycles. The molecule has 1 fully saturated rings. The molecular formula is C39H38FN5O4. The van der Waals surface area contributed by atoms with Crippen LogP contribution in [-0.4, -0.2) is 70.1 Å². The lowest BCUT2D eigenvalue weighted by molar-refractivity contribution is 0.0193. The third-order valence-electron chi connectivity index (χ3n) is 9.69. The van der Waals surface area contributed by atoms with Crippen LogP contribution >= 0.6 is 0 Å². The van der Waals surface area contributed by atoms with Gasteiger partial charge in [-0.25, -0.2) is 4.39 Å². The molecule has 250 valence electrons. The number of rotatable bonds is 7. The van der Waals surface area contributed by atoms with Crippen LogP contribution in [0.1, 0.15) is 37.5 Å². The van der Waals surface area contributed by atoms with Gasteiger partial charge < -0.3 is 19.2 Å². The van der Waals surface area contributed by atoms with Crippen LogP contribution < -0.4 is 10.5 Å². The summed E-state index contributed by atoms with van der Waals surface area (Å²) >= 11 is 0. The van der Waals surface area contributed by atoms with Crippen LogP contribution in [-0.2, 0) is 24.8 Å². The van der Waals surface area contributed by atoms with E-state index in [1.807, 2.05) is 65.9 Å². The molecule has 0 bridgehead atoms. The first-order valence-corrected chi connectivity index (χ1v) is 16.5. The number of hydrogen-bond donors (Lipinski definition) is 1. The normalized spacial score (nSPS) is 16.3. The molecule has 1 N–H and O–H groups in total. The van der Waals surface area contributed by atoms with E-state index in [4.69, 9.17) is 4.74 Å². The molecule has 0 saturated carbocycles. The third-order valence-corrected chi connectivity index (χ3v) is 9.69. The maximum absolute atomic E-state index is 15.1. The summed E-state index contributed by atoms with van der Waals surface area (Å²) in [5, 5.41) is 0. The van der Waals surface area contributed by atoms with Crippen molar-refractivity contribution in [3.05, 3.63) is 141 Å². The zero-order valence-electron chi connectivity index (χ0n) is 27.6. The molecule has 2 aliphatic rings. The summed E-state index contributed by atoms with van der Waals surface area (Å²) in [5.41, 5.74) is 5.50. The number of amides is 2. The van der Waals surface area contributed by atoms with Gasteiger partial charge in [-0.15, -0.1) is 0 Å². The highest BCUT2D eigenvalue weighted by Gasteiger charge is 2.34. The van der Waals surface area contributed by atoms with Crippen LogP contribution in [0.15, 0.2) is 102 Å². The van der Waals surface area contributed by atoms with Crippen molar-refractivity contribution >= 4 is 23.2 Å². The second-order valence-corrected chi connectivity index (χ2v) is 12.6. The number of morpholine rings is 1. The van der Waals surface area contributed by atoms with Crippen molar-refractivity contribution < 1.29 is 18.7 Å². The maximum atomic E-state index is 15.1. The molecule has 1 atom stereocenters. The van der Waals surface area contributed by atoms with Gasteiger partial charge in [-0.05, 0) is 66.9 Å². The summed E-state index contributed by atoms with van der Waals surface area (Å²) < 4.78 is 22.5. The van der Waals surface area contributed by atoms with E-state index in [0.717, 1.165) is 25.1 Å². The molecule has 2 aromatic heterocycles. The first-order chi connectivity index (χ1) is 23.8. The Morgan fingerprint density at radius 3 is 2.37 bits per heavy atom. The monoisotopic (exact) mass is 659 g/mol. The van der Waals surface area contributed by atoms with Gasteiger partial charge in [0.1, 0.15) is 5.82 Å². The lowest BCUT2D eigenvalue weighted by Crippen LogP contribution is -2.52. The fraction of sp³-hybridized carbons (Fsp3) is 0.256. The van der Waals surface area contributed by atoms with Gasteiger partial charge in [-0.2, -0.15) is 0 Å². The van der Waals surface area contributed by atoms with Crippen LogP contribution in [0.3, 0.4) is 0 Å². The highest BCUT2D eigenvalue weighted by Crippen LogP contribution is 2.34. The van der Waals surface area contributed by atoms with Gasteiger partial charge in [-0.3, -0.25) is 24.2 Å². The first kappa shape index (κ1) is 32.2. The minimum atomic E-state index is -0.480. The number of hydrogen-bond acceptors (Lipinski definition) is 5. The SMILES string of the molecule is Cc1c(C(=O)N(c2ccccc2)c2ccc(=O)[nH]c2)cc(-c2cc(F)ccc2C(=O)N2Cc3ccccc3C[C@H]2CN2CCOCC2)n1C. The minimum Gasteiger partial charge on any atom is -0.379 e. The van der Waals surface area contributed by atoms with Crippen molar-refractivity contribution in [2.24, 2.45) is 7.05 Å². The average Bonchev–Trinajstić information content (AvgIpc) is 3.42. The van der Waals surface area contributed by atoms with Gasteiger partial charge in [0.15, 0.2) is 0 Å². The summed E-state index contributed by atoms with van der Waals surface area (Å²) in [6.07, 6.45) is 2.22. The summed E-state index contributed by atoms with van der Waals surface area (Å²) in [6.45, 7) is 5.92. The van der Waals surface area contributed by atoms with Crippen LogP contribution in [0.25, 0.3) is 11.3 Å². The Morgan fingerprint density at radius 1 is 0.898 bits per heavy atom. The summed E-state index contributed by atoms with van der Waals surface area (Å²) in [4.78, 5) is 49.4. The quantitative estimate of drug-likeness (QED) is 0.242. The van der Waals surface area contributed by atoms with E-state index in [1.54, 1.807) is 18.2 Å². The molecule has 10 heteroatoms. The van der Waals surface area contributed by atoms with Crippen LogP contribution in [0, 0.1) is 12.7 Å². The van der Waals surface area contributed by atoms with Crippen LogP contribution in [0.4, 0.5) is 15.8 Å². The van der Waals surface area contributed by atoms with E-state index in [-0.39, 0.29) is 23.4 Å². The molecule has 5 aromatic rings. The minimum absolute atomic E-state index is 0.0811. The predicted molar refractivity (Wildman–Crippen MR) is 187 cm³/mol. The zero-order valence-corrected chi connectivity index (χ0v) is 27.6. The number of aromatic amines is 1. The molecule has 0 unspecified atom stereocenters. The highest BCUT2D eigenvalue weighted by molar-refractivity contribution is 6.12. The Bertz CT molecular complexity index is 2050. The second-order valence-electron chi connectivity index (χ2n) is 12.6. The molecule has 4 heterocycles. The molecular weight excluding hydrogens is 621 g/mol. The first-order valence-electron chi connectivity index (χ1n) is 16.5. The van der Waals surface area contributed by atoms with Gasteiger partial charge in [0.2, 0.25) is 5.56 Å². The van der Waals surface area contributed by atoms with Crippen LogP contribution in [0.5, 0.6) is 0 Å². The van der Waals surface area contributed by atoms with Crippen molar-refractivity contribution in [3.8, 4) is 11.3 Å². The van der Waals surface area contributed by atoms with Gasteiger partial charge in [0.25, 0.3) is 11.8 Å². The van der Waals surface area contributed by atoms with E-state index in [1.165, 1.54) is 34.9 Å². The topological polar surface area (TPSA) is 90.9 Å². The lowest BCUT2D eigenvalue weighted by atomic mass is 9.92. The third kappa shape index (κ3) is 6.45. The van der Waals surface area contributed by atoms with E-state index < -0.39 is 5.82 Å². The Hall–Kier alpha value is -5.32. The predicted octanol–water partition coefficient (Wildman–Crippen LogP) is 5.71. The number of nitrogens with one attached hydrogen (secondary N) is 1. The fourth-order valence-electron chi connectivity index (χ4n) is 6.94. The van der Waals surface area contributed by atoms with E-state index in [0.29, 0.717) is 65.8 Å². The molecule has 2 aliphatic heterocycles. The molecule has 3 aromatic carbocycles. The van der Waals surface area contributed by atoms with Gasteiger partial charge in [0, 0.05) is 79.7 Å². The molecule has 0 radical (unpaired) electrons. The largest absolute Gasteiger partial charge is 0.379 e. The van der Waals surface area contributed by atoms with Crippen LogP contribution in [0.2, 0.25) is 0 Å². The molecule has 0 aliphatic carbocycles. The average molecular weight is 660 g/mol. The molecule has 49 heavy (non-hydrogen) atoms. The second kappa shape index (κ2) is 13.7. The summed E-state index contributed by atoms with van der Waals surface area (Å²) in [5.74, 6) is -1.000. The number of H-pyrrole nitrogens is 1. The number of nitrogens with zero attached hydrogens (tertiary/aromatic N) is 4. The summed E-state index contributed by atoms with van der Waals surface area (Å²) in [6, 6.07) is 26.2. The maximum Gasteiger partial charge on any atom is 0.264 e. The Labute approximate surface area is 284 Å². The number of halogens is 1. The number of ether oxygens (including phenoxy) is 1. The number of pyridine rings is 1. The van der Waals surface area contributed by atoms with Gasteiger partial charge in [-0.1, -0.05) is 42.5 Å². The Kier molecular flexibility index (Phi) is 8.99. The van der Waals surface area contributed by atoms with Crippen molar-refractivity contribution in [1.29, 1.82) is 0 Å². The number of anilines is 2. The van der Waals surface area contributed by atoms with Crippen molar-refractivity contribution in [2.75, 3.05) is 37.7 Å². The number of aromatic nitrogens is 2. The van der Waals surface area contributed by atoms with Crippen molar-refractivity contribution in [2.45, 2.75) is 25.9 Å². The number of benzene rings is 3. The number of carbonyl (C=O) groups is 2. The smallest absolute Gasteiger partial charge is 0.264 e. The molecule has 2 amide bonds. The number of fused-ring (bicyclic) bond motifs is 1. The van der Waals surface area contributed by atoms with Gasteiger partial charge >= 0.3 is 0 Å².